The lowest BCUT2D eigenvalue weighted by Gasteiger charge is -2.27. The van der Waals surface area contributed by atoms with Crippen molar-refractivity contribution in [2.75, 3.05) is 5.32 Å². The number of benzene rings is 1. The van der Waals surface area contributed by atoms with Gasteiger partial charge in [0.05, 0.1) is 11.8 Å². The van der Waals surface area contributed by atoms with Crippen molar-refractivity contribution in [3.05, 3.63) is 29.3 Å². The lowest BCUT2D eigenvalue weighted by molar-refractivity contribution is -0.147. The minimum Gasteiger partial charge on any atom is -0.481 e. The van der Waals surface area contributed by atoms with Gasteiger partial charge in [0.1, 0.15) is 0 Å². The number of aryl methyl sites for hydroxylation is 2. The number of hydrogen-bond donors (Lipinski definition) is 2. The van der Waals surface area contributed by atoms with Crippen LogP contribution in [-0.2, 0) is 9.59 Å². The molecule has 108 valence electrons. The molecule has 4 heteroatoms. The Morgan fingerprint density at radius 1 is 1.05 bits per heavy atom. The molecule has 0 spiro atoms. The van der Waals surface area contributed by atoms with Crippen molar-refractivity contribution in [1.29, 1.82) is 0 Å². The first kappa shape index (κ1) is 14.6. The maximum atomic E-state index is 12.3. The largest absolute Gasteiger partial charge is 0.481 e. The molecule has 0 radical (unpaired) electrons. The second-order valence-corrected chi connectivity index (χ2v) is 5.70. The third-order valence-electron chi connectivity index (χ3n) is 3.91. The number of amides is 1. The van der Waals surface area contributed by atoms with Crippen molar-refractivity contribution >= 4 is 17.6 Å². The van der Waals surface area contributed by atoms with E-state index in [1.807, 2.05) is 32.0 Å². The summed E-state index contributed by atoms with van der Waals surface area (Å²) in [6.07, 6.45) is 3.08. The molecule has 1 saturated carbocycles. The topological polar surface area (TPSA) is 66.4 Å². The number of carbonyl (C=O) groups excluding carboxylic acids is 1. The maximum absolute atomic E-state index is 12.3. The first-order valence-corrected chi connectivity index (χ1v) is 7.09. The number of nitrogens with one attached hydrogen (secondary N) is 1. The normalized spacial score (nSPS) is 22.3. The first-order valence-electron chi connectivity index (χ1n) is 7.09. The predicted octanol–water partition coefficient (Wildman–Crippen LogP) is 3.13. The van der Waals surface area contributed by atoms with Gasteiger partial charge in [0.2, 0.25) is 5.91 Å². The zero-order valence-corrected chi connectivity index (χ0v) is 12.0. The molecule has 4 nitrogen and oxygen atoms in total. The van der Waals surface area contributed by atoms with Crippen LogP contribution in [0.25, 0.3) is 0 Å². The highest BCUT2D eigenvalue weighted by molar-refractivity contribution is 5.95. The molecular weight excluding hydrogens is 254 g/mol. The van der Waals surface area contributed by atoms with Gasteiger partial charge in [-0.1, -0.05) is 18.9 Å². The zero-order chi connectivity index (χ0) is 14.7. The number of hydrogen-bond acceptors (Lipinski definition) is 2. The summed E-state index contributed by atoms with van der Waals surface area (Å²) in [5.74, 6) is -1.98. The molecule has 2 N–H and O–H groups in total. The van der Waals surface area contributed by atoms with Crippen molar-refractivity contribution < 1.29 is 14.7 Å². The summed E-state index contributed by atoms with van der Waals surface area (Å²) < 4.78 is 0. The van der Waals surface area contributed by atoms with Gasteiger partial charge in [-0.25, -0.2) is 0 Å². The van der Waals surface area contributed by atoms with Gasteiger partial charge >= 0.3 is 5.97 Å². The third-order valence-corrected chi connectivity index (χ3v) is 3.91. The summed E-state index contributed by atoms with van der Waals surface area (Å²) >= 11 is 0. The Hall–Kier alpha value is -1.84. The number of rotatable bonds is 3. The average molecular weight is 275 g/mol. The number of aliphatic carboxylic acids is 1. The molecule has 1 aromatic rings. The minimum absolute atomic E-state index is 0.165. The highest BCUT2D eigenvalue weighted by atomic mass is 16.4. The Morgan fingerprint density at radius 3 is 2.15 bits per heavy atom. The van der Waals surface area contributed by atoms with Crippen LogP contribution in [-0.4, -0.2) is 17.0 Å². The van der Waals surface area contributed by atoms with Crippen LogP contribution >= 0.6 is 0 Å². The summed E-state index contributed by atoms with van der Waals surface area (Å²) in [5.41, 5.74) is 2.92. The smallest absolute Gasteiger partial charge is 0.307 e. The Bertz CT molecular complexity index is 504. The number of anilines is 1. The van der Waals surface area contributed by atoms with Crippen LogP contribution in [0.1, 0.15) is 36.8 Å². The number of carbonyl (C=O) groups is 2. The van der Waals surface area contributed by atoms with Crippen molar-refractivity contribution in [2.45, 2.75) is 39.5 Å². The SMILES string of the molecule is Cc1cc(C)cc(NC(=O)[C@@H]2CCCC[C@H]2C(=O)O)c1. The summed E-state index contributed by atoms with van der Waals surface area (Å²) in [6.45, 7) is 3.95. The van der Waals surface area contributed by atoms with Gasteiger partial charge < -0.3 is 10.4 Å². The fraction of sp³-hybridized carbons (Fsp3) is 0.500. The van der Waals surface area contributed by atoms with E-state index in [0.29, 0.717) is 12.8 Å². The molecule has 0 heterocycles. The Labute approximate surface area is 119 Å². The molecule has 0 saturated heterocycles. The van der Waals surface area contributed by atoms with Crippen LogP contribution in [0.15, 0.2) is 18.2 Å². The van der Waals surface area contributed by atoms with E-state index in [0.717, 1.165) is 29.7 Å². The Kier molecular flexibility index (Phi) is 4.42. The van der Waals surface area contributed by atoms with E-state index in [-0.39, 0.29) is 5.91 Å². The molecule has 1 aliphatic carbocycles. The van der Waals surface area contributed by atoms with Crippen molar-refractivity contribution in [3.63, 3.8) is 0 Å². The van der Waals surface area contributed by atoms with Gasteiger partial charge in [0.15, 0.2) is 0 Å². The van der Waals surface area contributed by atoms with Gasteiger partial charge in [0.25, 0.3) is 0 Å². The van der Waals surface area contributed by atoms with E-state index >= 15 is 0 Å². The molecule has 1 amide bonds. The van der Waals surface area contributed by atoms with E-state index in [4.69, 9.17) is 0 Å². The quantitative estimate of drug-likeness (QED) is 0.890. The molecule has 0 aliphatic heterocycles. The van der Waals surface area contributed by atoms with Crippen LogP contribution < -0.4 is 5.32 Å². The summed E-state index contributed by atoms with van der Waals surface area (Å²) in [7, 11) is 0. The standard InChI is InChI=1S/C16H21NO3/c1-10-7-11(2)9-12(8-10)17-15(18)13-5-3-4-6-14(13)16(19)20/h7-9,13-14H,3-6H2,1-2H3,(H,17,18)(H,19,20)/t13-,14-/m1/s1. The van der Waals surface area contributed by atoms with Crippen molar-refractivity contribution in [1.82, 2.24) is 0 Å². The van der Waals surface area contributed by atoms with Crippen molar-refractivity contribution in [3.8, 4) is 0 Å². The van der Waals surface area contributed by atoms with Gasteiger partial charge in [-0.3, -0.25) is 9.59 Å². The van der Waals surface area contributed by atoms with Crippen LogP contribution in [0.5, 0.6) is 0 Å². The van der Waals surface area contributed by atoms with Crippen LogP contribution in [0.3, 0.4) is 0 Å². The Balaban J connectivity index is 2.11. The summed E-state index contributed by atoms with van der Waals surface area (Å²) in [5, 5.41) is 12.1. The highest BCUT2D eigenvalue weighted by Crippen LogP contribution is 2.31. The number of carboxylic acid groups (broad SMARTS) is 1. The van der Waals surface area contributed by atoms with Crippen molar-refractivity contribution in [2.24, 2.45) is 11.8 Å². The molecular formula is C16H21NO3. The molecule has 2 atom stereocenters. The summed E-state index contributed by atoms with van der Waals surface area (Å²) in [6, 6.07) is 5.85. The van der Waals surface area contributed by atoms with E-state index in [9.17, 15) is 14.7 Å². The first-order chi connectivity index (χ1) is 9.47. The monoisotopic (exact) mass is 275 g/mol. The number of carboxylic acids is 1. The molecule has 0 bridgehead atoms. The lowest BCUT2D eigenvalue weighted by atomic mass is 9.78. The van der Waals surface area contributed by atoms with Gasteiger partial charge in [-0.15, -0.1) is 0 Å². The molecule has 1 fully saturated rings. The third kappa shape index (κ3) is 3.38. The van der Waals surface area contributed by atoms with E-state index in [1.54, 1.807) is 0 Å². The predicted molar refractivity (Wildman–Crippen MR) is 77.6 cm³/mol. The van der Waals surface area contributed by atoms with Crippen LogP contribution in [0.4, 0.5) is 5.69 Å². The molecule has 0 aromatic heterocycles. The fourth-order valence-electron chi connectivity index (χ4n) is 3.02. The summed E-state index contributed by atoms with van der Waals surface area (Å²) in [4.78, 5) is 23.6. The van der Waals surface area contributed by atoms with E-state index < -0.39 is 17.8 Å². The van der Waals surface area contributed by atoms with E-state index in [1.165, 1.54) is 0 Å². The minimum atomic E-state index is -0.856. The second-order valence-electron chi connectivity index (χ2n) is 5.70. The average Bonchev–Trinajstić information content (AvgIpc) is 2.37. The Morgan fingerprint density at radius 2 is 1.60 bits per heavy atom. The maximum Gasteiger partial charge on any atom is 0.307 e. The fourth-order valence-corrected chi connectivity index (χ4v) is 3.02. The molecule has 1 aliphatic rings. The lowest BCUT2D eigenvalue weighted by Crippen LogP contribution is -2.36. The highest BCUT2D eigenvalue weighted by Gasteiger charge is 2.35. The van der Waals surface area contributed by atoms with Gasteiger partial charge in [-0.2, -0.15) is 0 Å². The second kappa shape index (κ2) is 6.07. The zero-order valence-electron chi connectivity index (χ0n) is 12.0. The van der Waals surface area contributed by atoms with Crippen LogP contribution in [0.2, 0.25) is 0 Å². The van der Waals surface area contributed by atoms with Gasteiger partial charge in [0, 0.05) is 5.69 Å². The molecule has 20 heavy (non-hydrogen) atoms. The van der Waals surface area contributed by atoms with Gasteiger partial charge in [-0.05, 0) is 49.9 Å². The van der Waals surface area contributed by atoms with Crippen LogP contribution in [0, 0.1) is 25.7 Å². The molecule has 0 unspecified atom stereocenters. The van der Waals surface area contributed by atoms with E-state index in [2.05, 4.69) is 5.32 Å². The molecule has 1 aromatic carbocycles. The molecule has 2 rings (SSSR count).